The lowest BCUT2D eigenvalue weighted by Crippen LogP contribution is -2.67. The molecule has 2 aromatic rings. The average Bonchev–Trinajstić information content (AvgIpc) is 0.770. The minimum Gasteiger partial charge on any atom is -0.462 e. The van der Waals surface area contributed by atoms with Crippen LogP contribution in [0.5, 0.6) is 11.5 Å². The Hall–Kier alpha value is -4.22. The van der Waals surface area contributed by atoms with E-state index in [-0.39, 0.29) is 37.2 Å². The van der Waals surface area contributed by atoms with E-state index < -0.39 is 138 Å². The van der Waals surface area contributed by atoms with Crippen LogP contribution in [-0.4, -0.2) is 124 Å². The lowest BCUT2D eigenvalue weighted by atomic mass is 9.96. The standard InChI is InChI=1S/C85H138Cl6N3O19P/c1-7-11-15-19-23-27-29-33-37-41-51-59-73(96)106-68(57-45-39-35-31-25-21-17-13-9-3)61-72(95)93-70(79(92)99)63-103-80-76(94-81(100)105-65-84(86,87)88)78(109-75(98)62-69(58-46-40-36-32-26-22-18-14-10-4)107-74(97)60-52-42-38-34-30-28-24-20-16-12-8-2)77(71(108-80)64-104-82(101)110-83(5,6)85(89,90)91)113-114(102,111-66-53-47-43-48-54-66)112-67-55-49-44-50-56-67/h43-44,47-50,53-56,68-71,76-78,80H,7-42,45-46,51-52,57-65H2,1-6H3,(H2,92,99)(H,93,95)(H,94,100)/t68-,69-,70+,71-,76-,77-,78-,80?/m1/s1. The SMILES string of the molecule is CCCCCCCCCCCCCC(=O)O[C@H](CCCCCCCCCCC)CC(=O)N[C@@H](COC1O[C@H](COC(=O)OC(C)(C)C(Cl)(Cl)Cl)[C@@H](OP(=O)(Oc2ccccc2)Oc2ccccc2)[C@H](OC(=O)C[C@@H](CCCCCCCCCCC)OC(=O)CCCCCCCCCCCCC)[C@H]1NC(=O)OCC(Cl)(Cl)Cl)C(N)=O. The normalized spacial score (nSPS) is 16.7. The molecule has 1 unspecified atom stereocenters. The highest BCUT2D eigenvalue weighted by Crippen LogP contribution is 2.53. The van der Waals surface area contributed by atoms with Crippen LogP contribution in [0, 0.1) is 0 Å². The number of amides is 3. The monoisotopic (exact) mass is 1750 g/mol. The third-order valence-corrected chi connectivity index (χ3v) is 22.9. The van der Waals surface area contributed by atoms with E-state index in [0.717, 1.165) is 148 Å². The molecule has 0 spiro atoms. The van der Waals surface area contributed by atoms with E-state index >= 15 is 9.36 Å². The van der Waals surface area contributed by atoms with Gasteiger partial charge in [0.25, 0.3) is 0 Å². The topological polar surface area (TPSA) is 288 Å². The highest BCUT2D eigenvalue weighted by molar-refractivity contribution is 7.49. The van der Waals surface area contributed by atoms with Crippen molar-refractivity contribution in [2.75, 3.05) is 19.8 Å². The third kappa shape index (κ3) is 50.0. The Labute approximate surface area is 711 Å². The van der Waals surface area contributed by atoms with Gasteiger partial charge in [-0.25, -0.2) is 14.2 Å². The van der Waals surface area contributed by atoms with Gasteiger partial charge in [-0.15, -0.1) is 0 Å². The minimum atomic E-state index is -5.23. The summed E-state index contributed by atoms with van der Waals surface area (Å²) in [6, 6.07) is 11.8. The molecular formula is C85H138Cl6N3O19P. The number of alkyl carbamates (subject to hydrolysis) is 1. The molecule has 3 amide bonds. The van der Waals surface area contributed by atoms with Gasteiger partial charge in [0.15, 0.2) is 18.0 Å². The number of nitrogens with two attached hydrogens (primary N) is 1. The quantitative estimate of drug-likeness (QED) is 0.0182. The van der Waals surface area contributed by atoms with Gasteiger partial charge in [0, 0.05) is 12.8 Å². The molecule has 22 nitrogen and oxygen atoms in total. The van der Waals surface area contributed by atoms with Crippen molar-refractivity contribution in [3.63, 3.8) is 0 Å². The summed E-state index contributed by atoms with van der Waals surface area (Å²) in [6.45, 7) is 8.60. The van der Waals surface area contributed by atoms with Gasteiger partial charge in [0.1, 0.15) is 61.2 Å². The van der Waals surface area contributed by atoms with Crippen LogP contribution >= 0.6 is 77.4 Å². The highest BCUT2D eigenvalue weighted by atomic mass is 35.6. The summed E-state index contributed by atoms with van der Waals surface area (Å²) in [4.78, 5) is 99.1. The first-order valence-corrected chi connectivity index (χ1v) is 46.5. The Morgan fingerprint density at radius 3 is 1.27 bits per heavy atom. The molecule has 654 valence electrons. The van der Waals surface area contributed by atoms with Crippen molar-refractivity contribution in [2.45, 2.75) is 399 Å². The largest absolute Gasteiger partial charge is 0.588 e. The molecule has 1 heterocycles. The number of hydrogen-bond donors (Lipinski definition) is 3. The molecule has 1 aliphatic rings. The second kappa shape index (κ2) is 62.0. The van der Waals surface area contributed by atoms with Gasteiger partial charge in [-0.05, 0) is 76.6 Å². The van der Waals surface area contributed by atoms with Gasteiger partial charge >= 0.3 is 38.0 Å². The van der Waals surface area contributed by atoms with Crippen molar-refractivity contribution in [1.29, 1.82) is 0 Å². The number of phosphoric acid groups is 1. The summed E-state index contributed by atoms with van der Waals surface area (Å²) < 4.78 is 78.4. The summed E-state index contributed by atoms with van der Waals surface area (Å²) in [7, 11) is -5.23. The molecule has 2 aromatic carbocycles. The van der Waals surface area contributed by atoms with Crippen LogP contribution in [-0.2, 0) is 71.0 Å². The molecule has 0 bridgehead atoms. The third-order valence-electron chi connectivity index (χ3n) is 19.9. The number of benzene rings is 2. The van der Waals surface area contributed by atoms with Gasteiger partial charge in [0.2, 0.25) is 19.4 Å². The summed E-state index contributed by atoms with van der Waals surface area (Å²) in [5, 5.41) is 5.16. The van der Waals surface area contributed by atoms with E-state index in [9.17, 15) is 28.8 Å². The number of primary amides is 1. The van der Waals surface area contributed by atoms with E-state index in [1.54, 1.807) is 36.4 Å². The number of halogens is 6. The summed E-state index contributed by atoms with van der Waals surface area (Å²) in [5.41, 5.74) is 4.21. The second-order valence-electron chi connectivity index (χ2n) is 30.6. The Kier molecular flexibility index (Phi) is 56.5. The van der Waals surface area contributed by atoms with Crippen molar-refractivity contribution in [2.24, 2.45) is 5.73 Å². The molecule has 1 aliphatic heterocycles. The van der Waals surface area contributed by atoms with Crippen LogP contribution in [0.3, 0.4) is 0 Å². The van der Waals surface area contributed by atoms with Crippen molar-refractivity contribution in [3.8, 4) is 11.5 Å². The second-order valence-corrected chi connectivity index (χ2v) is 36.9. The fourth-order valence-corrected chi connectivity index (χ4v) is 14.9. The Bertz CT molecular complexity index is 2910. The van der Waals surface area contributed by atoms with E-state index in [4.69, 9.17) is 127 Å². The van der Waals surface area contributed by atoms with Crippen LogP contribution in [0.25, 0.3) is 0 Å². The molecule has 1 saturated heterocycles. The number of carbonyl (C=O) groups is 7. The van der Waals surface area contributed by atoms with Gasteiger partial charge in [-0.1, -0.05) is 365 Å². The number of alkyl halides is 6. The molecule has 0 radical (unpaired) electrons. The average molecular weight is 1750 g/mol. The van der Waals surface area contributed by atoms with Crippen LogP contribution in [0.4, 0.5) is 9.59 Å². The molecule has 3 rings (SSSR count). The fourth-order valence-electron chi connectivity index (χ4n) is 13.2. The van der Waals surface area contributed by atoms with Crippen molar-refractivity contribution >= 4 is 119 Å². The number of unbranched alkanes of at least 4 members (excludes halogenated alkanes) is 36. The van der Waals surface area contributed by atoms with E-state index in [1.165, 1.54) is 122 Å². The predicted octanol–water partition coefficient (Wildman–Crippen LogP) is 23.9. The fraction of sp³-hybridized carbons (Fsp3) is 0.776. The number of phosphoric ester groups is 1. The highest BCUT2D eigenvalue weighted by Gasteiger charge is 2.55. The summed E-state index contributed by atoms with van der Waals surface area (Å²) in [5.74, 6) is -4.03. The van der Waals surface area contributed by atoms with Crippen LogP contribution in [0.15, 0.2) is 60.7 Å². The van der Waals surface area contributed by atoms with E-state index in [0.29, 0.717) is 32.1 Å². The number of ether oxygens (including phenoxy) is 8. The zero-order valence-electron chi connectivity index (χ0n) is 69.1. The number of nitrogens with one attached hydrogen (secondary N) is 2. The number of hydrogen-bond acceptors (Lipinski definition) is 19. The van der Waals surface area contributed by atoms with Crippen molar-refractivity contribution in [1.82, 2.24) is 10.6 Å². The molecule has 4 N–H and O–H groups in total. The summed E-state index contributed by atoms with van der Waals surface area (Å²) >= 11 is 37.1. The molecule has 29 heteroatoms. The molecule has 114 heavy (non-hydrogen) atoms. The molecule has 1 fully saturated rings. The maximum atomic E-state index is 15.8. The molecule has 0 saturated carbocycles. The van der Waals surface area contributed by atoms with Gasteiger partial charge in [0.05, 0.1) is 19.4 Å². The maximum absolute atomic E-state index is 15.8. The zero-order valence-corrected chi connectivity index (χ0v) is 74.5. The first-order valence-electron chi connectivity index (χ1n) is 42.8. The minimum absolute atomic E-state index is 0.0556. The Morgan fingerprint density at radius 1 is 0.500 bits per heavy atom. The Morgan fingerprint density at radius 2 is 0.886 bits per heavy atom. The summed E-state index contributed by atoms with van der Waals surface area (Å²) in [6.07, 6.45) is 28.8. The van der Waals surface area contributed by atoms with Gasteiger partial charge < -0.3 is 63.3 Å². The first kappa shape index (κ1) is 104. The van der Waals surface area contributed by atoms with Crippen molar-refractivity contribution in [3.05, 3.63) is 60.7 Å². The lowest BCUT2D eigenvalue weighted by Gasteiger charge is -2.45. The maximum Gasteiger partial charge on any atom is 0.588 e. The number of esters is 3. The smallest absolute Gasteiger partial charge is 0.462 e. The van der Waals surface area contributed by atoms with Gasteiger partial charge in [-0.3, -0.25) is 28.5 Å². The molecular weight excluding hydrogens is 1610 g/mol. The van der Waals surface area contributed by atoms with Gasteiger partial charge in [-0.2, -0.15) is 0 Å². The predicted molar refractivity (Wildman–Crippen MR) is 452 cm³/mol. The van der Waals surface area contributed by atoms with E-state index in [2.05, 4.69) is 38.3 Å². The van der Waals surface area contributed by atoms with E-state index in [1.807, 2.05) is 0 Å². The zero-order chi connectivity index (χ0) is 83.7. The number of carbonyl (C=O) groups excluding carboxylic acids is 7. The number of rotatable bonds is 67. The van der Waals surface area contributed by atoms with Crippen molar-refractivity contribution < 1.29 is 89.6 Å². The van der Waals surface area contributed by atoms with Crippen LogP contribution in [0.1, 0.15) is 337 Å². The number of para-hydroxylation sites is 2. The Balaban J connectivity index is 2.20. The molecule has 8 atom stereocenters. The van der Waals surface area contributed by atoms with Crippen LogP contribution < -0.4 is 25.4 Å². The lowest BCUT2D eigenvalue weighted by molar-refractivity contribution is -0.271. The first-order chi connectivity index (χ1) is 54.6. The molecule has 0 aliphatic carbocycles. The molecule has 0 aromatic heterocycles. The van der Waals surface area contributed by atoms with Crippen LogP contribution in [0.2, 0.25) is 0 Å².